The predicted molar refractivity (Wildman–Crippen MR) is 83.6 cm³/mol. The lowest BCUT2D eigenvalue weighted by Crippen LogP contribution is -2.45. The van der Waals surface area contributed by atoms with Gasteiger partial charge >= 0.3 is 0 Å². The van der Waals surface area contributed by atoms with Crippen LogP contribution >= 0.6 is 0 Å². The Kier molecular flexibility index (Phi) is 7.21. The molecule has 0 bridgehead atoms. The van der Waals surface area contributed by atoms with Crippen LogP contribution in [0.4, 0.5) is 0 Å². The largest absolute Gasteiger partial charge is 0.356 e. The summed E-state index contributed by atoms with van der Waals surface area (Å²) in [6.07, 6.45) is 1.38. The second-order valence-corrected chi connectivity index (χ2v) is 6.48. The first kappa shape index (κ1) is 16.3. The molecule has 1 aliphatic rings. The highest BCUT2D eigenvalue weighted by molar-refractivity contribution is 5.79. The van der Waals surface area contributed by atoms with E-state index >= 15 is 0 Å². The molecule has 0 radical (unpaired) electrons. The summed E-state index contributed by atoms with van der Waals surface area (Å²) < 4.78 is 0. The average Bonchev–Trinajstić information content (AvgIpc) is 2.32. The quantitative estimate of drug-likeness (QED) is 0.590. The van der Waals surface area contributed by atoms with Crippen molar-refractivity contribution >= 4 is 5.96 Å². The Morgan fingerprint density at radius 3 is 2.37 bits per heavy atom. The molecule has 4 heteroatoms. The molecule has 1 heterocycles. The standard InChI is InChI=1S/C15H32N4/c1-12(2)9-18-15(16-5)17-6-7-19-10-13(3)8-14(4)11-19/h12-14H,6-11H2,1-5H3,(H2,16,17,18). The first-order chi connectivity index (χ1) is 9.01. The lowest BCUT2D eigenvalue weighted by atomic mass is 9.92. The van der Waals surface area contributed by atoms with Gasteiger partial charge in [-0.2, -0.15) is 0 Å². The van der Waals surface area contributed by atoms with E-state index in [1.165, 1.54) is 19.5 Å². The highest BCUT2D eigenvalue weighted by Gasteiger charge is 2.21. The number of nitrogens with one attached hydrogen (secondary N) is 2. The van der Waals surface area contributed by atoms with Gasteiger partial charge in [-0.25, -0.2) is 0 Å². The number of guanidine groups is 1. The summed E-state index contributed by atoms with van der Waals surface area (Å²) in [7, 11) is 1.83. The molecule has 0 aliphatic carbocycles. The number of rotatable bonds is 5. The number of hydrogen-bond acceptors (Lipinski definition) is 2. The molecule has 19 heavy (non-hydrogen) atoms. The minimum Gasteiger partial charge on any atom is -0.356 e. The van der Waals surface area contributed by atoms with Gasteiger partial charge in [0, 0.05) is 39.8 Å². The Hall–Kier alpha value is -0.770. The molecule has 4 nitrogen and oxygen atoms in total. The third-order valence-electron chi connectivity index (χ3n) is 3.57. The monoisotopic (exact) mass is 268 g/mol. The Balaban J connectivity index is 2.21. The molecule has 0 aromatic heterocycles. The van der Waals surface area contributed by atoms with Crippen molar-refractivity contribution in [3.05, 3.63) is 0 Å². The molecule has 2 atom stereocenters. The third kappa shape index (κ3) is 6.81. The molecule has 0 spiro atoms. The van der Waals surface area contributed by atoms with Crippen molar-refractivity contribution in [1.29, 1.82) is 0 Å². The van der Waals surface area contributed by atoms with Gasteiger partial charge in [-0.05, 0) is 24.2 Å². The first-order valence-corrected chi connectivity index (χ1v) is 7.68. The van der Waals surface area contributed by atoms with E-state index in [0.29, 0.717) is 5.92 Å². The van der Waals surface area contributed by atoms with Crippen LogP contribution in [0.15, 0.2) is 4.99 Å². The summed E-state index contributed by atoms with van der Waals surface area (Å²) in [5.74, 6) is 3.23. The Morgan fingerprint density at radius 1 is 1.21 bits per heavy atom. The predicted octanol–water partition coefficient (Wildman–Crippen LogP) is 1.79. The molecule has 2 N–H and O–H groups in total. The van der Waals surface area contributed by atoms with Crippen LogP contribution in [-0.4, -0.2) is 50.6 Å². The molecule has 0 amide bonds. The maximum Gasteiger partial charge on any atom is 0.191 e. The van der Waals surface area contributed by atoms with Crippen LogP contribution in [0.1, 0.15) is 34.1 Å². The Labute approximate surface area is 119 Å². The van der Waals surface area contributed by atoms with E-state index in [1.807, 2.05) is 7.05 Å². The van der Waals surface area contributed by atoms with Crippen molar-refractivity contribution in [2.24, 2.45) is 22.7 Å². The van der Waals surface area contributed by atoms with Crippen molar-refractivity contribution in [1.82, 2.24) is 15.5 Å². The maximum atomic E-state index is 4.25. The molecular weight excluding hydrogens is 236 g/mol. The zero-order valence-corrected chi connectivity index (χ0v) is 13.4. The third-order valence-corrected chi connectivity index (χ3v) is 3.57. The van der Waals surface area contributed by atoms with E-state index in [2.05, 4.69) is 48.2 Å². The van der Waals surface area contributed by atoms with Crippen LogP contribution in [0.3, 0.4) is 0 Å². The van der Waals surface area contributed by atoms with Crippen molar-refractivity contribution in [2.45, 2.75) is 34.1 Å². The molecule has 1 saturated heterocycles. The summed E-state index contributed by atoms with van der Waals surface area (Å²) in [4.78, 5) is 6.82. The lowest BCUT2D eigenvalue weighted by Gasteiger charge is -2.35. The van der Waals surface area contributed by atoms with Crippen LogP contribution in [0, 0.1) is 17.8 Å². The van der Waals surface area contributed by atoms with Gasteiger partial charge in [0.15, 0.2) is 5.96 Å². The summed E-state index contributed by atoms with van der Waals surface area (Å²) in [5, 5.41) is 6.74. The number of piperidine rings is 1. The van der Waals surface area contributed by atoms with Crippen molar-refractivity contribution in [3.63, 3.8) is 0 Å². The minimum absolute atomic E-state index is 0.641. The zero-order chi connectivity index (χ0) is 14.3. The van der Waals surface area contributed by atoms with E-state index in [0.717, 1.165) is 37.4 Å². The highest BCUT2D eigenvalue weighted by Crippen LogP contribution is 2.20. The van der Waals surface area contributed by atoms with Gasteiger partial charge in [-0.15, -0.1) is 0 Å². The van der Waals surface area contributed by atoms with Gasteiger partial charge < -0.3 is 15.5 Å². The molecule has 1 aliphatic heterocycles. The second kappa shape index (κ2) is 8.41. The maximum absolute atomic E-state index is 4.25. The van der Waals surface area contributed by atoms with Gasteiger partial charge in [0.1, 0.15) is 0 Å². The summed E-state index contributed by atoms with van der Waals surface area (Å²) >= 11 is 0. The molecule has 1 fully saturated rings. The van der Waals surface area contributed by atoms with E-state index in [1.54, 1.807) is 0 Å². The smallest absolute Gasteiger partial charge is 0.191 e. The molecule has 0 aromatic carbocycles. The normalized spacial score (nSPS) is 25.7. The van der Waals surface area contributed by atoms with Crippen LogP contribution in [0.5, 0.6) is 0 Å². The van der Waals surface area contributed by atoms with Gasteiger partial charge in [0.25, 0.3) is 0 Å². The minimum atomic E-state index is 0.641. The number of hydrogen-bond donors (Lipinski definition) is 2. The summed E-state index contributed by atoms with van der Waals surface area (Å²) in [5.41, 5.74) is 0. The van der Waals surface area contributed by atoms with Gasteiger partial charge in [0.05, 0.1) is 0 Å². The van der Waals surface area contributed by atoms with Crippen molar-refractivity contribution in [3.8, 4) is 0 Å². The van der Waals surface area contributed by atoms with Crippen molar-refractivity contribution in [2.75, 3.05) is 39.8 Å². The average molecular weight is 268 g/mol. The molecule has 1 rings (SSSR count). The van der Waals surface area contributed by atoms with Crippen LogP contribution in [0.2, 0.25) is 0 Å². The number of aliphatic imine (C=N–C) groups is 1. The second-order valence-electron chi connectivity index (χ2n) is 6.48. The zero-order valence-electron chi connectivity index (χ0n) is 13.4. The SMILES string of the molecule is CN=C(NCCN1CC(C)CC(C)C1)NCC(C)C. The molecular formula is C15H32N4. The Morgan fingerprint density at radius 2 is 1.84 bits per heavy atom. The fourth-order valence-electron chi connectivity index (χ4n) is 2.83. The first-order valence-electron chi connectivity index (χ1n) is 7.68. The molecule has 0 saturated carbocycles. The fourth-order valence-corrected chi connectivity index (χ4v) is 2.83. The van der Waals surface area contributed by atoms with Crippen LogP contribution < -0.4 is 10.6 Å². The Bertz CT molecular complexity index is 265. The number of nitrogens with zero attached hydrogens (tertiary/aromatic N) is 2. The lowest BCUT2D eigenvalue weighted by molar-refractivity contribution is 0.143. The van der Waals surface area contributed by atoms with Gasteiger partial charge in [-0.1, -0.05) is 27.7 Å². The van der Waals surface area contributed by atoms with Gasteiger partial charge in [0.2, 0.25) is 0 Å². The summed E-state index contributed by atoms with van der Waals surface area (Å²) in [6, 6.07) is 0. The van der Waals surface area contributed by atoms with Gasteiger partial charge in [-0.3, -0.25) is 4.99 Å². The summed E-state index contributed by atoms with van der Waals surface area (Å²) in [6.45, 7) is 14.7. The van der Waals surface area contributed by atoms with E-state index in [9.17, 15) is 0 Å². The van der Waals surface area contributed by atoms with E-state index in [4.69, 9.17) is 0 Å². The molecule has 0 aromatic rings. The topological polar surface area (TPSA) is 39.7 Å². The van der Waals surface area contributed by atoms with Crippen LogP contribution in [-0.2, 0) is 0 Å². The molecule has 2 unspecified atom stereocenters. The highest BCUT2D eigenvalue weighted by atomic mass is 15.2. The van der Waals surface area contributed by atoms with E-state index < -0.39 is 0 Å². The number of likely N-dealkylation sites (tertiary alicyclic amines) is 1. The fraction of sp³-hybridized carbons (Fsp3) is 0.933. The van der Waals surface area contributed by atoms with E-state index in [-0.39, 0.29) is 0 Å². The molecule has 112 valence electrons. The van der Waals surface area contributed by atoms with Crippen molar-refractivity contribution < 1.29 is 0 Å². The van der Waals surface area contributed by atoms with Crippen LogP contribution in [0.25, 0.3) is 0 Å².